The highest BCUT2D eigenvalue weighted by Crippen LogP contribution is 2.42. The minimum atomic E-state index is -0.570. The molecule has 2 heterocycles. The normalized spacial score (nSPS) is 22.3. The Morgan fingerprint density at radius 2 is 1.71 bits per heavy atom. The van der Waals surface area contributed by atoms with Crippen molar-refractivity contribution >= 4 is 22.6 Å². The summed E-state index contributed by atoms with van der Waals surface area (Å²) in [5.41, 5.74) is 5.52. The van der Waals surface area contributed by atoms with Gasteiger partial charge >= 0.3 is 0 Å². The van der Waals surface area contributed by atoms with Crippen molar-refractivity contribution in [2.75, 3.05) is 5.32 Å². The van der Waals surface area contributed by atoms with E-state index in [9.17, 15) is 9.90 Å². The zero-order valence-corrected chi connectivity index (χ0v) is 19.8. The molecule has 4 aromatic rings. The average Bonchev–Trinajstić information content (AvgIpc) is 3.28. The van der Waals surface area contributed by atoms with Gasteiger partial charge in [-0.05, 0) is 35.4 Å². The summed E-state index contributed by atoms with van der Waals surface area (Å²) in [6, 6.07) is 23.5. The zero-order chi connectivity index (χ0) is 24.4. The molecule has 2 N–H and O–H groups in total. The highest BCUT2D eigenvalue weighted by molar-refractivity contribution is 5.88. The number of carbonyl (C=O) groups is 1. The third kappa shape index (κ3) is 4.98. The van der Waals surface area contributed by atoms with E-state index in [0.717, 1.165) is 33.4 Å². The predicted octanol–water partition coefficient (Wildman–Crippen LogP) is 4.98. The van der Waals surface area contributed by atoms with E-state index < -0.39 is 6.29 Å². The zero-order valence-electron chi connectivity index (χ0n) is 19.8. The van der Waals surface area contributed by atoms with Gasteiger partial charge in [-0.3, -0.25) is 4.79 Å². The maximum Gasteiger partial charge on any atom is 0.221 e. The lowest BCUT2D eigenvalue weighted by molar-refractivity contribution is -0.276. The number of fused-ring (bicyclic) bond motifs is 1. The Labute approximate surface area is 204 Å². The molecule has 7 nitrogen and oxygen atoms in total. The number of nitrogens with zero attached hydrogens (tertiary/aromatic N) is 2. The van der Waals surface area contributed by atoms with Crippen LogP contribution in [-0.2, 0) is 27.4 Å². The lowest BCUT2D eigenvalue weighted by Crippen LogP contribution is -2.39. The molecular formula is C28H29N3O4. The minimum absolute atomic E-state index is 0.00404. The molecule has 0 unspecified atom stereocenters. The molecule has 1 aliphatic heterocycles. The number of imidazole rings is 1. The van der Waals surface area contributed by atoms with Crippen molar-refractivity contribution in [3.8, 4) is 0 Å². The first-order valence-corrected chi connectivity index (χ1v) is 11.8. The van der Waals surface area contributed by atoms with Crippen LogP contribution in [0.15, 0.2) is 79.1 Å². The average molecular weight is 472 g/mol. The molecule has 0 bridgehead atoms. The fourth-order valence-electron chi connectivity index (χ4n) is 4.60. The highest BCUT2D eigenvalue weighted by atomic mass is 16.7. The molecule has 5 rings (SSSR count). The van der Waals surface area contributed by atoms with Crippen LogP contribution in [0.1, 0.15) is 42.9 Å². The predicted molar refractivity (Wildman–Crippen MR) is 133 cm³/mol. The van der Waals surface area contributed by atoms with Crippen molar-refractivity contribution in [2.24, 2.45) is 5.92 Å². The van der Waals surface area contributed by atoms with Gasteiger partial charge in [-0.15, -0.1) is 0 Å². The van der Waals surface area contributed by atoms with E-state index in [1.165, 1.54) is 6.92 Å². The first-order chi connectivity index (χ1) is 17.0. The fraction of sp³-hybridized carbons (Fsp3) is 0.286. The quantitative estimate of drug-likeness (QED) is 0.414. The summed E-state index contributed by atoms with van der Waals surface area (Å²) in [7, 11) is 0. The Morgan fingerprint density at radius 1 is 1.00 bits per heavy atom. The van der Waals surface area contributed by atoms with Crippen molar-refractivity contribution in [1.82, 2.24) is 9.55 Å². The van der Waals surface area contributed by atoms with Gasteiger partial charge in [0, 0.05) is 24.1 Å². The minimum Gasteiger partial charge on any atom is -0.392 e. The number of aliphatic hydroxyl groups excluding tert-OH is 1. The molecule has 1 aromatic heterocycles. The number of para-hydroxylation sites is 2. The van der Waals surface area contributed by atoms with Crippen LogP contribution in [0.25, 0.3) is 11.0 Å². The van der Waals surface area contributed by atoms with Gasteiger partial charge in [-0.2, -0.15) is 0 Å². The van der Waals surface area contributed by atoms with Crippen molar-refractivity contribution in [3.63, 3.8) is 0 Å². The van der Waals surface area contributed by atoms with Gasteiger partial charge in [0.05, 0.1) is 42.7 Å². The highest BCUT2D eigenvalue weighted by Gasteiger charge is 2.38. The van der Waals surface area contributed by atoms with Crippen LogP contribution in [-0.4, -0.2) is 26.7 Å². The molecule has 4 atom stereocenters. The number of rotatable bonds is 6. The van der Waals surface area contributed by atoms with E-state index in [4.69, 9.17) is 9.47 Å². The molecule has 0 spiro atoms. The lowest BCUT2D eigenvalue weighted by Gasteiger charge is -2.41. The molecule has 35 heavy (non-hydrogen) atoms. The summed E-state index contributed by atoms with van der Waals surface area (Å²) in [5, 5.41) is 12.2. The number of nitrogens with one attached hydrogen (secondary N) is 1. The summed E-state index contributed by atoms with van der Waals surface area (Å²) in [5.74, 6) is -0.0539. The Balaban J connectivity index is 1.45. The summed E-state index contributed by atoms with van der Waals surface area (Å²) < 4.78 is 15.2. The summed E-state index contributed by atoms with van der Waals surface area (Å²) in [6.45, 7) is 4.27. The number of anilines is 1. The summed E-state index contributed by atoms with van der Waals surface area (Å²) in [4.78, 5) is 15.9. The fourth-order valence-corrected chi connectivity index (χ4v) is 4.60. The standard InChI is InChI=1S/C28H29N3O4/c1-18-26(15-31-17-29-24-5-3-4-6-25(24)31)34-28(22-11-13-23(14-12-22)30-19(2)33)35-27(18)21-9-7-20(16-32)8-10-21/h3-14,17-18,26-28,32H,15-16H2,1-2H3,(H,30,33)/t18-,26+,27+,28+/m0/s1. The van der Waals surface area contributed by atoms with Crippen molar-refractivity contribution in [2.45, 2.75) is 45.5 Å². The third-order valence-corrected chi connectivity index (χ3v) is 6.53. The molecule has 1 fully saturated rings. The number of amides is 1. The second-order valence-electron chi connectivity index (χ2n) is 9.01. The number of hydrogen-bond acceptors (Lipinski definition) is 5. The Kier molecular flexibility index (Phi) is 6.63. The smallest absolute Gasteiger partial charge is 0.221 e. The number of carbonyl (C=O) groups excluding carboxylic acids is 1. The van der Waals surface area contributed by atoms with E-state index in [1.807, 2.05) is 73.1 Å². The van der Waals surface area contributed by atoms with E-state index in [1.54, 1.807) is 0 Å². The molecule has 3 aromatic carbocycles. The van der Waals surface area contributed by atoms with Crippen LogP contribution in [0, 0.1) is 5.92 Å². The maximum atomic E-state index is 11.4. The van der Waals surface area contributed by atoms with Crippen LogP contribution in [0.4, 0.5) is 5.69 Å². The van der Waals surface area contributed by atoms with Gasteiger partial charge in [0.2, 0.25) is 5.91 Å². The third-order valence-electron chi connectivity index (χ3n) is 6.53. The van der Waals surface area contributed by atoms with Gasteiger partial charge in [-0.1, -0.05) is 55.5 Å². The molecular weight excluding hydrogens is 442 g/mol. The molecule has 1 amide bonds. The summed E-state index contributed by atoms with van der Waals surface area (Å²) in [6.07, 6.45) is 0.957. The molecule has 0 saturated carbocycles. The molecule has 7 heteroatoms. The van der Waals surface area contributed by atoms with Crippen LogP contribution >= 0.6 is 0 Å². The number of hydrogen-bond donors (Lipinski definition) is 2. The van der Waals surface area contributed by atoms with E-state index in [-0.39, 0.29) is 30.6 Å². The van der Waals surface area contributed by atoms with E-state index in [2.05, 4.69) is 27.9 Å². The second-order valence-corrected chi connectivity index (χ2v) is 9.01. The van der Waals surface area contributed by atoms with Crippen molar-refractivity contribution in [1.29, 1.82) is 0 Å². The molecule has 0 radical (unpaired) electrons. The van der Waals surface area contributed by atoms with Crippen LogP contribution < -0.4 is 5.32 Å². The monoisotopic (exact) mass is 471 g/mol. The first-order valence-electron chi connectivity index (χ1n) is 11.8. The Bertz CT molecular complexity index is 1300. The molecule has 0 aliphatic carbocycles. The van der Waals surface area contributed by atoms with Gasteiger partial charge in [-0.25, -0.2) is 4.98 Å². The Morgan fingerprint density at radius 3 is 2.43 bits per heavy atom. The van der Waals surface area contributed by atoms with E-state index >= 15 is 0 Å². The SMILES string of the molecule is CC(=O)Nc1ccc([C@@H]2O[C@H](Cn3cnc4ccccc43)[C@H](C)[C@H](c3ccc(CO)cc3)O2)cc1. The Hall–Kier alpha value is -3.52. The van der Waals surface area contributed by atoms with Crippen LogP contribution in [0.3, 0.4) is 0 Å². The van der Waals surface area contributed by atoms with Gasteiger partial charge < -0.3 is 24.5 Å². The lowest BCUT2D eigenvalue weighted by atomic mass is 9.90. The van der Waals surface area contributed by atoms with Crippen molar-refractivity contribution in [3.05, 3.63) is 95.8 Å². The number of aromatic nitrogens is 2. The van der Waals surface area contributed by atoms with Gasteiger partial charge in [0.25, 0.3) is 0 Å². The first kappa shape index (κ1) is 23.2. The molecule has 180 valence electrons. The van der Waals surface area contributed by atoms with Crippen LogP contribution in [0.2, 0.25) is 0 Å². The number of benzene rings is 3. The number of ether oxygens (including phenoxy) is 2. The van der Waals surface area contributed by atoms with Crippen LogP contribution in [0.5, 0.6) is 0 Å². The van der Waals surface area contributed by atoms with Gasteiger partial charge in [0.1, 0.15) is 0 Å². The maximum absolute atomic E-state index is 11.4. The molecule has 1 saturated heterocycles. The summed E-state index contributed by atoms with van der Waals surface area (Å²) >= 11 is 0. The topological polar surface area (TPSA) is 85.6 Å². The van der Waals surface area contributed by atoms with E-state index in [0.29, 0.717) is 6.54 Å². The van der Waals surface area contributed by atoms with Crippen molar-refractivity contribution < 1.29 is 19.4 Å². The molecule has 1 aliphatic rings. The number of aliphatic hydroxyl groups is 1. The largest absolute Gasteiger partial charge is 0.392 e. The van der Waals surface area contributed by atoms with Gasteiger partial charge in [0.15, 0.2) is 6.29 Å². The second kappa shape index (κ2) is 10.00.